The van der Waals surface area contributed by atoms with E-state index in [0.717, 1.165) is 32.5 Å². The molecule has 0 aliphatic carbocycles. The first kappa shape index (κ1) is 12.0. The summed E-state index contributed by atoms with van der Waals surface area (Å²) in [5.74, 6) is 0.316. The van der Waals surface area contributed by atoms with Crippen molar-refractivity contribution >= 4 is 17.6 Å². The Balaban J connectivity index is 1.66. The molecule has 3 saturated heterocycles. The van der Waals surface area contributed by atoms with Crippen LogP contribution in [0.25, 0.3) is 0 Å². The Morgan fingerprint density at radius 3 is 2.44 bits per heavy atom. The van der Waals surface area contributed by atoms with E-state index in [1.165, 1.54) is 0 Å². The van der Waals surface area contributed by atoms with Gasteiger partial charge >= 0.3 is 5.97 Å². The largest absolute Gasteiger partial charge is 0.457 e. The molecule has 96 valence electrons. The number of hydrogen-bond donors (Lipinski definition) is 0. The van der Waals surface area contributed by atoms with Gasteiger partial charge in [-0.15, -0.1) is 0 Å². The standard InChI is InChI=1S/C14H16ClNO2/c15-12-3-1-11(2-4-12)14(17)18-13-9-16-7-5-10(13)6-8-16/h1-4,10,13H,5-9H2/t13-/m0/s1. The second-order valence-corrected chi connectivity index (χ2v) is 5.53. The minimum Gasteiger partial charge on any atom is -0.457 e. The fourth-order valence-electron chi connectivity index (χ4n) is 2.84. The van der Waals surface area contributed by atoms with Crippen LogP contribution >= 0.6 is 11.6 Å². The number of fused-ring (bicyclic) bond motifs is 3. The molecule has 0 saturated carbocycles. The van der Waals surface area contributed by atoms with E-state index in [2.05, 4.69) is 4.90 Å². The highest BCUT2D eigenvalue weighted by Gasteiger charge is 2.36. The summed E-state index contributed by atoms with van der Waals surface area (Å²) in [5.41, 5.74) is 0.579. The predicted octanol–water partition coefficient (Wildman–Crippen LogP) is 2.59. The van der Waals surface area contributed by atoms with E-state index in [4.69, 9.17) is 16.3 Å². The van der Waals surface area contributed by atoms with Gasteiger partial charge in [-0.1, -0.05) is 11.6 Å². The lowest BCUT2D eigenvalue weighted by molar-refractivity contribution is -0.0455. The zero-order valence-corrected chi connectivity index (χ0v) is 10.9. The summed E-state index contributed by atoms with van der Waals surface area (Å²) >= 11 is 5.80. The van der Waals surface area contributed by atoms with Crippen molar-refractivity contribution in [3.8, 4) is 0 Å². The van der Waals surface area contributed by atoms with Crippen molar-refractivity contribution in [3.05, 3.63) is 34.9 Å². The molecular weight excluding hydrogens is 250 g/mol. The second kappa shape index (κ2) is 4.90. The van der Waals surface area contributed by atoms with Crippen LogP contribution in [0.2, 0.25) is 5.02 Å². The van der Waals surface area contributed by atoms with Crippen molar-refractivity contribution in [2.24, 2.45) is 5.92 Å². The smallest absolute Gasteiger partial charge is 0.338 e. The Labute approximate surface area is 112 Å². The van der Waals surface area contributed by atoms with Crippen LogP contribution in [-0.4, -0.2) is 36.6 Å². The van der Waals surface area contributed by atoms with E-state index in [1.54, 1.807) is 24.3 Å². The molecule has 3 aliphatic heterocycles. The quantitative estimate of drug-likeness (QED) is 0.770. The molecule has 0 radical (unpaired) electrons. The molecule has 3 aliphatic rings. The minimum absolute atomic E-state index is 0.0654. The molecule has 1 atom stereocenters. The van der Waals surface area contributed by atoms with E-state index in [9.17, 15) is 4.79 Å². The predicted molar refractivity (Wildman–Crippen MR) is 69.8 cm³/mol. The van der Waals surface area contributed by atoms with Crippen LogP contribution in [-0.2, 0) is 4.74 Å². The average molecular weight is 266 g/mol. The Hall–Kier alpha value is -1.06. The molecule has 4 heteroatoms. The van der Waals surface area contributed by atoms with Gasteiger partial charge in [-0.25, -0.2) is 4.79 Å². The monoisotopic (exact) mass is 265 g/mol. The maximum Gasteiger partial charge on any atom is 0.338 e. The number of esters is 1. The van der Waals surface area contributed by atoms with Gasteiger partial charge in [-0.2, -0.15) is 0 Å². The van der Waals surface area contributed by atoms with Crippen LogP contribution < -0.4 is 0 Å². The summed E-state index contributed by atoms with van der Waals surface area (Å²) in [6, 6.07) is 6.86. The van der Waals surface area contributed by atoms with Crippen LogP contribution in [0.1, 0.15) is 23.2 Å². The fourth-order valence-corrected chi connectivity index (χ4v) is 2.96. The number of hydrogen-bond acceptors (Lipinski definition) is 3. The zero-order chi connectivity index (χ0) is 12.5. The van der Waals surface area contributed by atoms with E-state index < -0.39 is 0 Å². The molecule has 0 aromatic heterocycles. The molecule has 3 nitrogen and oxygen atoms in total. The number of benzene rings is 1. The van der Waals surface area contributed by atoms with Crippen LogP contribution in [0.5, 0.6) is 0 Å². The molecule has 1 aromatic rings. The first-order valence-electron chi connectivity index (χ1n) is 6.41. The summed E-state index contributed by atoms with van der Waals surface area (Å²) in [6.07, 6.45) is 2.37. The van der Waals surface area contributed by atoms with Gasteiger partial charge in [0.25, 0.3) is 0 Å². The van der Waals surface area contributed by atoms with Crippen molar-refractivity contribution in [3.63, 3.8) is 0 Å². The van der Waals surface area contributed by atoms with Gasteiger partial charge in [-0.05, 0) is 56.1 Å². The van der Waals surface area contributed by atoms with Gasteiger partial charge < -0.3 is 4.74 Å². The number of ether oxygens (including phenoxy) is 1. The number of piperidine rings is 3. The Morgan fingerprint density at radius 2 is 1.89 bits per heavy atom. The lowest BCUT2D eigenvalue weighted by Gasteiger charge is -2.43. The molecule has 18 heavy (non-hydrogen) atoms. The first-order valence-corrected chi connectivity index (χ1v) is 6.79. The summed E-state index contributed by atoms with van der Waals surface area (Å²) in [5, 5.41) is 0.634. The molecule has 0 spiro atoms. The second-order valence-electron chi connectivity index (χ2n) is 5.09. The first-order chi connectivity index (χ1) is 8.72. The molecule has 4 rings (SSSR count). The van der Waals surface area contributed by atoms with Crippen LogP contribution in [0.15, 0.2) is 24.3 Å². The van der Waals surface area contributed by atoms with Crippen LogP contribution in [0, 0.1) is 5.92 Å². The highest BCUT2D eigenvalue weighted by molar-refractivity contribution is 6.30. The highest BCUT2D eigenvalue weighted by Crippen LogP contribution is 2.30. The Kier molecular flexibility index (Phi) is 3.27. The molecule has 0 N–H and O–H groups in total. The lowest BCUT2D eigenvalue weighted by Crippen LogP contribution is -2.51. The summed E-state index contributed by atoms with van der Waals surface area (Å²) < 4.78 is 5.63. The van der Waals surface area contributed by atoms with Crippen molar-refractivity contribution in [1.82, 2.24) is 4.90 Å². The van der Waals surface area contributed by atoms with Gasteiger partial charge in [-0.3, -0.25) is 4.90 Å². The number of nitrogens with zero attached hydrogens (tertiary/aromatic N) is 1. The van der Waals surface area contributed by atoms with Crippen LogP contribution in [0.4, 0.5) is 0 Å². The minimum atomic E-state index is -0.231. The number of rotatable bonds is 2. The molecule has 2 bridgehead atoms. The van der Waals surface area contributed by atoms with Gasteiger partial charge in [0.05, 0.1) is 5.56 Å². The van der Waals surface area contributed by atoms with Gasteiger partial charge in [0, 0.05) is 11.6 Å². The summed E-state index contributed by atoms with van der Waals surface area (Å²) in [7, 11) is 0. The topological polar surface area (TPSA) is 29.5 Å². The third kappa shape index (κ3) is 2.38. The van der Waals surface area contributed by atoms with E-state index in [1.807, 2.05) is 0 Å². The van der Waals surface area contributed by atoms with E-state index in [0.29, 0.717) is 16.5 Å². The third-order valence-electron chi connectivity index (χ3n) is 3.93. The lowest BCUT2D eigenvalue weighted by atomic mass is 9.86. The van der Waals surface area contributed by atoms with Gasteiger partial charge in [0.1, 0.15) is 6.10 Å². The number of carbonyl (C=O) groups excluding carboxylic acids is 1. The average Bonchev–Trinajstić information content (AvgIpc) is 2.41. The van der Waals surface area contributed by atoms with Crippen molar-refractivity contribution in [1.29, 1.82) is 0 Å². The summed E-state index contributed by atoms with van der Waals surface area (Å²) in [6.45, 7) is 3.20. The van der Waals surface area contributed by atoms with Gasteiger partial charge in [0.2, 0.25) is 0 Å². The molecule has 1 aromatic carbocycles. The summed E-state index contributed by atoms with van der Waals surface area (Å²) in [4.78, 5) is 14.4. The SMILES string of the molecule is O=C(O[C@H]1CN2CCC1CC2)c1ccc(Cl)cc1. The van der Waals surface area contributed by atoms with E-state index >= 15 is 0 Å². The Morgan fingerprint density at radius 1 is 1.22 bits per heavy atom. The third-order valence-corrected chi connectivity index (χ3v) is 4.19. The molecule has 3 heterocycles. The zero-order valence-electron chi connectivity index (χ0n) is 10.1. The van der Waals surface area contributed by atoms with Crippen molar-refractivity contribution in [2.75, 3.05) is 19.6 Å². The van der Waals surface area contributed by atoms with Gasteiger partial charge in [0.15, 0.2) is 0 Å². The number of halogens is 1. The fraction of sp³-hybridized carbons (Fsp3) is 0.500. The van der Waals surface area contributed by atoms with Crippen molar-refractivity contribution < 1.29 is 9.53 Å². The number of carbonyl (C=O) groups is 1. The molecule has 0 amide bonds. The Bertz CT molecular complexity index is 438. The van der Waals surface area contributed by atoms with Crippen molar-refractivity contribution in [2.45, 2.75) is 18.9 Å². The molecular formula is C14H16ClNO2. The normalized spacial score (nSPS) is 30.2. The molecule has 3 fully saturated rings. The van der Waals surface area contributed by atoms with E-state index in [-0.39, 0.29) is 12.1 Å². The maximum absolute atomic E-state index is 12.0. The molecule has 0 unspecified atom stereocenters. The van der Waals surface area contributed by atoms with Crippen LogP contribution in [0.3, 0.4) is 0 Å². The maximum atomic E-state index is 12.0. The highest BCUT2D eigenvalue weighted by atomic mass is 35.5.